The van der Waals surface area contributed by atoms with Gasteiger partial charge in [0.05, 0.1) is 6.61 Å². The Morgan fingerprint density at radius 3 is 2.84 bits per heavy atom. The van der Waals surface area contributed by atoms with Gasteiger partial charge in [-0.05, 0) is 31.4 Å². The molecule has 2 aromatic heterocycles. The average Bonchev–Trinajstić information content (AvgIpc) is 3.00. The number of rotatable bonds is 6. The zero-order chi connectivity index (χ0) is 17.6. The van der Waals surface area contributed by atoms with Crippen LogP contribution in [0.15, 0.2) is 24.4 Å². The van der Waals surface area contributed by atoms with Gasteiger partial charge in [-0.1, -0.05) is 38.2 Å². The van der Waals surface area contributed by atoms with Crippen molar-refractivity contribution in [3.05, 3.63) is 30.1 Å². The first-order valence-electron chi connectivity index (χ1n) is 9.13. The van der Waals surface area contributed by atoms with Gasteiger partial charge >= 0.3 is 5.97 Å². The van der Waals surface area contributed by atoms with Crippen molar-refractivity contribution in [2.24, 2.45) is 5.92 Å². The molecule has 1 aliphatic carbocycles. The number of anilines is 1. The summed E-state index contributed by atoms with van der Waals surface area (Å²) in [6.07, 6.45) is 9.44. The lowest BCUT2D eigenvalue weighted by Gasteiger charge is -2.21. The van der Waals surface area contributed by atoms with Crippen molar-refractivity contribution in [2.75, 3.05) is 11.9 Å². The number of amides is 1. The molecule has 1 N–H and O–H groups in total. The molecule has 2 aromatic rings. The molecule has 2 heterocycles. The van der Waals surface area contributed by atoms with E-state index in [4.69, 9.17) is 4.74 Å². The number of carbonyl (C=O) groups is 2. The van der Waals surface area contributed by atoms with Crippen molar-refractivity contribution in [1.82, 2.24) is 9.38 Å². The maximum atomic E-state index is 12.4. The molecule has 25 heavy (non-hydrogen) atoms. The highest BCUT2D eigenvalue weighted by Gasteiger charge is 2.22. The number of nitrogens with one attached hydrogen (secondary N) is 1. The number of carbonyl (C=O) groups excluding carboxylic acids is 2. The van der Waals surface area contributed by atoms with Crippen molar-refractivity contribution >= 4 is 23.3 Å². The summed E-state index contributed by atoms with van der Waals surface area (Å²) >= 11 is 0. The molecule has 1 fully saturated rings. The summed E-state index contributed by atoms with van der Waals surface area (Å²) in [5.41, 5.74) is 0.757. The molecule has 0 atom stereocenters. The lowest BCUT2D eigenvalue weighted by atomic mass is 9.86. The molecule has 0 radical (unpaired) electrons. The van der Waals surface area contributed by atoms with Crippen LogP contribution in [-0.4, -0.2) is 27.9 Å². The number of imidazole rings is 1. The third kappa shape index (κ3) is 4.18. The number of ether oxygens (including phenoxy) is 1. The summed E-state index contributed by atoms with van der Waals surface area (Å²) < 4.78 is 6.78. The molecule has 6 heteroatoms. The van der Waals surface area contributed by atoms with Crippen molar-refractivity contribution in [3.63, 3.8) is 0 Å². The molecule has 1 saturated carbocycles. The fourth-order valence-electron chi connectivity index (χ4n) is 3.46. The fraction of sp³-hybridized carbons (Fsp3) is 0.526. The smallest absolute Gasteiger partial charge is 0.360 e. The van der Waals surface area contributed by atoms with Crippen LogP contribution < -0.4 is 5.32 Å². The van der Waals surface area contributed by atoms with E-state index in [2.05, 4.69) is 10.3 Å². The normalized spacial score (nSPS) is 15.2. The Labute approximate surface area is 147 Å². The van der Waals surface area contributed by atoms with E-state index in [1.807, 2.05) is 12.1 Å². The van der Waals surface area contributed by atoms with Crippen LogP contribution >= 0.6 is 0 Å². The lowest BCUT2D eigenvalue weighted by Crippen LogP contribution is -2.18. The molecule has 1 aliphatic rings. The Balaban J connectivity index is 1.73. The van der Waals surface area contributed by atoms with Gasteiger partial charge in [-0.3, -0.25) is 9.20 Å². The lowest BCUT2D eigenvalue weighted by molar-refractivity contribution is -0.116. The van der Waals surface area contributed by atoms with Gasteiger partial charge in [0.2, 0.25) is 5.91 Å². The van der Waals surface area contributed by atoms with E-state index in [0.29, 0.717) is 23.8 Å². The molecule has 0 aromatic carbocycles. The van der Waals surface area contributed by atoms with Crippen molar-refractivity contribution in [2.45, 2.75) is 51.9 Å². The van der Waals surface area contributed by atoms with Crippen molar-refractivity contribution < 1.29 is 14.3 Å². The van der Waals surface area contributed by atoms with Gasteiger partial charge < -0.3 is 10.1 Å². The van der Waals surface area contributed by atoms with Crippen LogP contribution in [0.2, 0.25) is 0 Å². The maximum absolute atomic E-state index is 12.4. The van der Waals surface area contributed by atoms with Crippen LogP contribution in [-0.2, 0) is 9.53 Å². The Hall–Kier alpha value is -2.37. The standard InChI is InChI=1S/C19H25N3O3/c1-2-25-19(24)17-18(22-13-7-6-10-15(22)20-17)21-16(23)12-11-14-8-4-3-5-9-14/h6-7,10,13-14H,2-5,8-9,11-12H2,1H3,(H,21,23). The first-order valence-corrected chi connectivity index (χ1v) is 9.13. The van der Waals surface area contributed by atoms with E-state index in [9.17, 15) is 9.59 Å². The molecular formula is C19H25N3O3. The van der Waals surface area contributed by atoms with Gasteiger partial charge in [-0.15, -0.1) is 0 Å². The van der Waals surface area contributed by atoms with Crippen LogP contribution in [0, 0.1) is 5.92 Å². The third-order valence-electron chi connectivity index (χ3n) is 4.76. The monoisotopic (exact) mass is 343 g/mol. The Kier molecular flexibility index (Phi) is 5.68. The highest BCUT2D eigenvalue weighted by molar-refractivity contribution is 6.00. The van der Waals surface area contributed by atoms with Gasteiger partial charge in [0.15, 0.2) is 11.5 Å². The van der Waals surface area contributed by atoms with Gasteiger partial charge in [-0.2, -0.15) is 0 Å². The minimum absolute atomic E-state index is 0.0817. The van der Waals surface area contributed by atoms with E-state index < -0.39 is 5.97 Å². The minimum atomic E-state index is -0.520. The van der Waals surface area contributed by atoms with Crippen LogP contribution in [0.25, 0.3) is 5.65 Å². The summed E-state index contributed by atoms with van der Waals surface area (Å²) in [6, 6.07) is 5.47. The van der Waals surface area contributed by atoms with Crippen LogP contribution in [0.4, 0.5) is 5.82 Å². The second-order valence-electron chi connectivity index (χ2n) is 6.55. The Morgan fingerprint density at radius 2 is 2.08 bits per heavy atom. The summed E-state index contributed by atoms with van der Waals surface area (Å²) in [6.45, 7) is 2.01. The first kappa shape index (κ1) is 17.5. The number of esters is 1. The molecule has 0 aliphatic heterocycles. The highest BCUT2D eigenvalue weighted by atomic mass is 16.5. The number of nitrogens with zero attached hydrogens (tertiary/aromatic N) is 2. The van der Waals surface area contributed by atoms with Gasteiger partial charge in [0.1, 0.15) is 5.65 Å². The second kappa shape index (κ2) is 8.14. The van der Waals surface area contributed by atoms with E-state index in [-0.39, 0.29) is 18.2 Å². The fourth-order valence-corrected chi connectivity index (χ4v) is 3.46. The summed E-state index contributed by atoms with van der Waals surface area (Å²) in [7, 11) is 0. The molecule has 0 unspecified atom stereocenters. The van der Waals surface area contributed by atoms with Gasteiger partial charge in [-0.25, -0.2) is 9.78 Å². The Morgan fingerprint density at radius 1 is 1.28 bits per heavy atom. The van der Waals surface area contributed by atoms with Crippen LogP contribution in [0.5, 0.6) is 0 Å². The average molecular weight is 343 g/mol. The maximum Gasteiger partial charge on any atom is 0.360 e. The molecular weight excluding hydrogens is 318 g/mol. The summed E-state index contributed by atoms with van der Waals surface area (Å²) in [4.78, 5) is 28.9. The van der Waals surface area contributed by atoms with Crippen LogP contribution in [0.3, 0.4) is 0 Å². The van der Waals surface area contributed by atoms with E-state index >= 15 is 0 Å². The number of hydrogen-bond acceptors (Lipinski definition) is 4. The molecule has 0 saturated heterocycles. The number of aromatic nitrogens is 2. The molecule has 6 nitrogen and oxygen atoms in total. The SMILES string of the molecule is CCOC(=O)c1nc2ccccn2c1NC(=O)CCC1CCCCC1. The summed E-state index contributed by atoms with van der Waals surface area (Å²) in [5.74, 6) is 0.435. The largest absolute Gasteiger partial charge is 0.461 e. The van der Waals surface area contributed by atoms with Crippen molar-refractivity contribution in [3.8, 4) is 0 Å². The number of hydrogen-bond donors (Lipinski definition) is 1. The zero-order valence-electron chi connectivity index (χ0n) is 14.7. The number of fused-ring (bicyclic) bond motifs is 1. The second-order valence-corrected chi connectivity index (χ2v) is 6.55. The third-order valence-corrected chi connectivity index (χ3v) is 4.76. The molecule has 134 valence electrons. The first-order chi connectivity index (χ1) is 12.2. The topological polar surface area (TPSA) is 72.7 Å². The highest BCUT2D eigenvalue weighted by Crippen LogP contribution is 2.27. The van der Waals surface area contributed by atoms with Gasteiger partial charge in [0, 0.05) is 12.6 Å². The minimum Gasteiger partial charge on any atom is -0.461 e. The summed E-state index contributed by atoms with van der Waals surface area (Å²) in [5, 5.41) is 2.87. The quantitative estimate of drug-likeness (QED) is 0.810. The van der Waals surface area contributed by atoms with Crippen molar-refractivity contribution in [1.29, 1.82) is 0 Å². The van der Waals surface area contributed by atoms with E-state index in [0.717, 1.165) is 6.42 Å². The van der Waals surface area contributed by atoms with Gasteiger partial charge in [0.25, 0.3) is 0 Å². The number of pyridine rings is 1. The van der Waals surface area contributed by atoms with E-state index in [1.54, 1.807) is 23.6 Å². The predicted octanol–water partition coefficient (Wildman–Crippen LogP) is 3.81. The molecule has 3 rings (SSSR count). The Bertz CT molecular complexity index is 747. The van der Waals surface area contributed by atoms with E-state index in [1.165, 1.54) is 32.1 Å². The zero-order valence-corrected chi connectivity index (χ0v) is 14.7. The predicted molar refractivity (Wildman–Crippen MR) is 95.6 cm³/mol. The molecule has 0 bridgehead atoms. The molecule has 1 amide bonds. The molecule has 0 spiro atoms. The van der Waals surface area contributed by atoms with Crippen LogP contribution in [0.1, 0.15) is 62.4 Å².